The first-order chi connectivity index (χ1) is 10.1. The highest BCUT2D eigenvalue weighted by Gasteiger charge is 2.35. The van der Waals surface area contributed by atoms with Crippen LogP contribution in [-0.2, 0) is 9.59 Å². The number of benzene rings is 1. The molecule has 1 aliphatic rings. The second-order valence-electron chi connectivity index (χ2n) is 4.94. The number of nitrogens with zero attached hydrogens (tertiary/aromatic N) is 2. The molecule has 0 bridgehead atoms. The van der Waals surface area contributed by atoms with Crippen molar-refractivity contribution in [2.45, 2.75) is 19.4 Å². The second-order valence-corrected chi connectivity index (χ2v) is 4.94. The summed E-state index contributed by atoms with van der Waals surface area (Å²) in [6.07, 6.45) is 2.12. The minimum atomic E-state index is -0.618. The molecule has 7 nitrogen and oxygen atoms in total. The molecule has 7 heteroatoms. The van der Waals surface area contributed by atoms with E-state index in [-0.39, 0.29) is 12.5 Å². The second kappa shape index (κ2) is 5.01. The SMILES string of the molecule is CCC1C(=O)NC(=O)CN1C(=O)c1ccc2cn[nH]c2c1. The molecule has 3 rings (SSSR count). The summed E-state index contributed by atoms with van der Waals surface area (Å²) in [5.74, 6) is -1.22. The first kappa shape index (κ1) is 13.3. The lowest BCUT2D eigenvalue weighted by molar-refractivity contribution is -0.138. The normalized spacial score (nSPS) is 18.9. The Balaban J connectivity index is 1.95. The van der Waals surface area contributed by atoms with Gasteiger partial charge in [-0.3, -0.25) is 24.8 Å². The fourth-order valence-electron chi connectivity index (χ4n) is 2.52. The van der Waals surface area contributed by atoms with Crippen molar-refractivity contribution in [1.82, 2.24) is 20.4 Å². The van der Waals surface area contributed by atoms with Gasteiger partial charge in [0.05, 0.1) is 11.7 Å². The van der Waals surface area contributed by atoms with E-state index in [0.717, 1.165) is 10.9 Å². The molecule has 1 fully saturated rings. The summed E-state index contributed by atoms with van der Waals surface area (Å²) in [5, 5.41) is 9.84. The third-order valence-electron chi connectivity index (χ3n) is 3.59. The van der Waals surface area contributed by atoms with E-state index in [4.69, 9.17) is 0 Å². The maximum Gasteiger partial charge on any atom is 0.255 e. The van der Waals surface area contributed by atoms with Crippen molar-refractivity contribution < 1.29 is 14.4 Å². The van der Waals surface area contributed by atoms with E-state index in [1.807, 2.05) is 0 Å². The largest absolute Gasteiger partial charge is 0.317 e. The topological polar surface area (TPSA) is 95.2 Å². The molecule has 2 N–H and O–H groups in total. The molecular formula is C14H14N4O3. The summed E-state index contributed by atoms with van der Waals surface area (Å²) < 4.78 is 0. The van der Waals surface area contributed by atoms with E-state index in [1.54, 1.807) is 31.3 Å². The number of aromatic amines is 1. The van der Waals surface area contributed by atoms with Gasteiger partial charge in [-0.25, -0.2) is 0 Å². The standard InChI is InChI=1S/C14H14N4O3/c1-2-11-13(20)16-12(19)7-18(11)14(21)8-3-4-9-6-15-17-10(9)5-8/h3-6,11H,2,7H2,1H3,(H,15,17)(H,16,19,20). The van der Waals surface area contributed by atoms with E-state index in [9.17, 15) is 14.4 Å². The number of carbonyl (C=O) groups excluding carboxylic acids is 3. The van der Waals surface area contributed by atoms with E-state index in [1.165, 1.54) is 4.90 Å². The Morgan fingerprint density at radius 1 is 1.43 bits per heavy atom. The van der Waals surface area contributed by atoms with Crippen molar-refractivity contribution in [3.63, 3.8) is 0 Å². The van der Waals surface area contributed by atoms with Gasteiger partial charge in [0.1, 0.15) is 12.6 Å². The predicted molar refractivity (Wildman–Crippen MR) is 74.4 cm³/mol. The van der Waals surface area contributed by atoms with Crippen LogP contribution in [0.5, 0.6) is 0 Å². The molecule has 21 heavy (non-hydrogen) atoms. The number of imide groups is 1. The number of amides is 3. The Bertz CT molecular complexity index is 737. The van der Waals surface area contributed by atoms with Crippen LogP contribution in [0.25, 0.3) is 10.9 Å². The van der Waals surface area contributed by atoms with Crippen LogP contribution in [0.15, 0.2) is 24.4 Å². The molecule has 0 spiro atoms. The van der Waals surface area contributed by atoms with E-state index < -0.39 is 17.9 Å². The zero-order valence-electron chi connectivity index (χ0n) is 11.4. The highest BCUT2D eigenvalue weighted by molar-refractivity contribution is 6.07. The lowest BCUT2D eigenvalue weighted by Gasteiger charge is -2.33. The van der Waals surface area contributed by atoms with Crippen molar-refractivity contribution >= 4 is 28.6 Å². The van der Waals surface area contributed by atoms with Crippen molar-refractivity contribution in [2.24, 2.45) is 0 Å². The lowest BCUT2D eigenvalue weighted by Crippen LogP contribution is -2.59. The number of H-pyrrole nitrogens is 1. The monoisotopic (exact) mass is 286 g/mol. The number of hydrogen-bond donors (Lipinski definition) is 2. The molecule has 1 aromatic heterocycles. The summed E-state index contributed by atoms with van der Waals surface area (Å²) in [7, 11) is 0. The molecule has 2 heterocycles. The molecular weight excluding hydrogens is 272 g/mol. The van der Waals surface area contributed by atoms with Gasteiger partial charge in [-0.15, -0.1) is 0 Å². The fraction of sp³-hybridized carbons (Fsp3) is 0.286. The highest BCUT2D eigenvalue weighted by atomic mass is 16.2. The Hall–Kier alpha value is -2.70. The maximum atomic E-state index is 12.6. The predicted octanol–water partition coefficient (Wildman–Crippen LogP) is 0.440. The van der Waals surface area contributed by atoms with E-state index in [0.29, 0.717) is 12.0 Å². The van der Waals surface area contributed by atoms with Crippen LogP contribution in [0.3, 0.4) is 0 Å². The van der Waals surface area contributed by atoms with Gasteiger partial charge in [-0.2, -0.15) is 5.10 Å². The van der Waals surface area contributed by atoms with Crippen LogP contribution < -0.4 is 5.32 Å². The van der Waals surface area contributed by atoms with Crippen LogP contribution in [0.2, 0.25) is 0 Å². The van der Waals surface area contributed by atoms with Gasteiger partial charge in [-0.1, -0.05) is 13.0 Å². The molecule has 1 atom stereocenters. The number of rotatable bonds is 2. The van der Waals surface area contributed by atoms with Gasteiger partial charge in [0.2, 0.25) is 11.8 Å². The highest BCUT2D eigenvalue weighted by Crippen LogP contribution is 2.18. The maximum absolute atomic E-state index is 12.6. The smallest absolute Gasteiger partial charge is 0.255 e. The van der Waals surface area contributed by atoms with E-state index >= 15 is 0 Å². The van der Waals surface area contributed by atoms with Crippen LogP contribution in [-0.4, -0.2) is 45.4 Å². The van der Waals surface area contributed by atoms with Gasteiger partial charge >= 0.3 is 0 Å². The van der Waals surface area contributed by atoms with Gasteiger partial charge < -0.3 is 4.90 Å². The molecule has 1 aromatic carbocycles. The van der Waals surface area contributed by atoms with Gasteiger partial charge in [0.15, 0.2) is 0 Å². The van der Waals surface area contributed by atoms with Gasteiger partial charge in [0, 0.05) is 10.9 Å². The number of fused-ring (bicyclic) bond motifs is 1. The average molecular weight is 286 g/mol. The van der Waals surface area contributed by atoms with Crippen LogP contribution in [0, 0.1) is 0 Å². The molecule has 1 saturated heterocycles. The number of hydrogen-bond acceptors (Lipinski definition) is 4. The molecule has 0 radical (unpaired) electrons. The Kier molecular flexibility index (Phi) is 3.17. The van der Waals surface area contributed by atoms with Crippen molar-refractivity contribution in [3.05, 3.63) is 30.0 Å². The molecule has 0 saturated carbocycles. The van der Waals surface area contributed by atoms with Crippen molar-refractivity contribution in [2.75, 3.05) is 6.54 Å². The molecule has 2 aromatic rings. The molecule has 1 unspecified atom stereocenters. The van der Waals surface area contributed by atoms with Crippen LogP contribution in [0.4, 0.5) is 0 Å². The minimum absolute atomic E-state index is 0.107. The number of aromatic nitrogens is 2. The van der Waals surface area contributed by atoms with E-state index in [2.05, 4.69) is 15.5 Å². The van der Waals surface area contributed by atoms with Crippen molar-refractivity contribution in [3.8, 4) is 0 Å². The number of nitrogens with one attached hydrogen (secondary N) is 2. The summed E-state index contributed by atoms with van der Waals surface area (Å²) in [6.45, 7) is 1.70. The first-order valence-corrected chi connectivity index (χ1v) is 6.68. The number of carbonyl (C=O) groups is 3. The zero-order valence-corrected chi connectivity index (χ0v) is 11.4. The molecule has 3 amide bonds. The van der Waals surface area contributed by atoms with Crippen LogP contribution in [0.1, 0.15) is 23.7 Å². The Labute approximate surface area is 120 Å². The minimum Gasteiger partial charge on any atom is -0.317 e. The average Bonchev–Trinajstić information content (AvgIpc) is 2.93. The fourth-order valence-corrected chi connectivity index (χ4v) is 2.52. The Morgan fingerprint density at radius 3 is 3.00 bits per heavy atom. The van der Waals surface area contributed by atoms with Gasteiger partial charge in [0.25, 0.3) is 5.91 Å². The third kappa shape index (κ3) is 2.26. The summed E-state index contributed by atoms with van der Waals surface area (Å²) in [5.41, 5.74) is 1.16. The summed E-state index contributed by atoms with van der Waals surface area (Å²) >= 11 is 0. The first-order valence-electron chi connectivity index (χ1n) is 6.68. The molecule has 108 valence electrons. The molecule has 0 aliphatic carbocycles. The quantitative estimate of drug-likeness (QED) is 0.783. The lowest BCUT2D eigenvalue weighted by atomic mass is 10.1. The number of piperazine rings is 1. The summed E-state index contributed by atoms with van der Waals surface area (Å²) in [4.78, 5) is 37.2. The Morgan fingerprint density at radius 2 is 2.24 bits per heavy atom. The van der Waals surface area contributed by atoms with Gasteiger partial charge in [-0.05, 0) is 18.6 Å². The van der Waals surface area contributed by atoms with Crippen LogP contribution >= 0.6 is 0 Å². The summed E-state index contributed by atoms with van der Waals surface area (Å²) in [6, 6.07) is 4.50. The zero-order chi connectivity index (χ0) is 15.0. The third-order valence-corrected chi connectivity index (χ3v) is 3.59. The molecule has 1 aliphatic heterocycles. The van der Waals surface area contributed by atoms with Crippen molar-refractivity contribution in [1.29, 1.82) is 0 Å².